The van der Waals surface area contributed by atoms with E-state index in [1.54, 1.807) is 6.07 Å². The molecule has 82 valence electrons. The van der Waals surface area contributed by atoms with E-state index >= 15 is 0 Å². The maximum Gasteiger partial charge on any atom is 0.0662 e. The van der Waals surface area contributed by atoms with Crippen molar-refractivity contribution in [2.45, 2.75) is 6.92 Å². The first-order chi connectivity index (χ1) is 7.68. The molecule has 2 nitrogen and oxygen atoms in total. The van der Waals surface area contributed by atoms with Gasteiger partial charge < -0.3 is 11.1 Å². The lowest BCUT2D eigenvalue weighted by atomic mass is 10.1. The fraction of sp³-hybridized carbons (Fsp3) is 0.0769. The van der Waals surface area contributed by atoms with Gasteiger partial charge in [-0.2, -0.15) is 0 Å². The maximum atomic E-state index is 6.06. The van der Waals surface area contributed by atoms with E-state index in [1.807, 2.05) is 43.3 Å². The van der Waals surface area contributed by atoms with Gasteiger partial charge in [-0.3, -0.25) is 0 Å². The van der Waals surface area contributed by atoms with Crippen molar-refractivity contribution in [2.24, 2.45) is 0 Å². The minimum atomic E-state index is 0.700. The van der Waals surface area contributed by atoms with Gasteiger partial charge in [-0.15, -0.1) is 0 Å². The summed E-state index contributed by atoms with van der Waals surface area (Å²) in [5, 5.41) is 3.99. The molecule has 0 radical (unpaired) electrons. The number of anilines is 3. The van der Waals surface area contributed by atoms with Gasteiger partial charge in [-0.1, -0.05) is 29.8 Å². The molecule has 0 atom stereocenters. The third-order valence-electron chi connectivity index (χ3n) is 2.47. The number of para-hydroxylation sites is 1. The Kier molecular flexibility index (Phi) is 3.02. The van der Waals surface area contributed by atoms with Crippen molar-refractivity contribution in [3.63, 3.8) is 0 Å². The molecule has 0 aromatic heterocycles. The molecule has 0 aliphatic rings. The highest BCUT2D eigenvalue weighted by Gasteiger charge is 2.06. The van der Waals surface area contributed by atoms with Crippen LogP contribution in [0.2, 0.25) is 5.02 Å². The summed E-state index contributed by atoms with van der Waals surface area (Å²) >= 11 is 6.06. The second kappa shape index (κ2) is 4.45. The van der Waals surface area contributed by atoms with Gasteiger partial charge in [0.15, 0.2) is 0 Å². The van der Waals surface area contributed by atoms with Crippen LogP contribution in [0.15, 0.2) is 42.5 Å². The third kappa shape index (κ3) is 2.12. The van der Waals surface area contributed by atoms with Crippen LogP contribution in [0.3, 0.4) is 0 Å². The Labute approximate surface area is 100 Å². The maximum absolute atomic E-state index is 6.06. The standard InChI is InChI=1S/C13H13ClN2/c1-9-11(14)7-8-12(15)13(9)16-10-5-3-2-4-6-10/h2-8,16H,15H2,1H3. The predicted octanol–water partition coefficient (Wildman–Crippen LogP) is 3.97. The first-order valence-corrected chi connectivity index (χ1v) is 5.43. The van der Waals surface area contributed by atoms with Crippen LogP contribution in [0.4, 0.5) is 17.1 Å². The zero-order valence-electron chi connectivity index (χ0n) is 9.00. The number of nitrogens with one attached hydrogen (secondary N) is 1. The lowest BCUT2D eigenvalue weighted by Gasteiger charge is -2.13. The number of halogens is 1. The zero-order valence-corrected chi connectivity index (χ0v) is 9.75. The molecule has 2 aromatic rings. The molecular weight excluding hydrogens is 220 g/mol. The molecule has 16 heavy (non-hydrogen) atoms. The van der Waals surface area contributed by atoms with Crippen molar-refractivity contribution in [1.82, 2.24) is 0 Å². The number of hydrogen-bond donors (Lipinski definition) is 2. The van der Waals surface area contributed by atoms with E-state index in [2.05, 4.69) is 5.32 Å². The van der Waals surface area contributed by atoms with E-state index < -0.39 is 0 Å². The third-order valence-corrected chi connectivity index (χ3v) is 2.88. The average Bonchev–Trinajstić information content (AvgIpc) is 2.31. The van der Waals surface area contributed by atoms with E-state index in [4.69, 9.17) is 17.3 Å². The van der Waals surface area contributed by atoms with Crippen molar-refractivity contribution in [3.8, 4) is 0 Å². The fourth-order valence-electron chi connectivity index (χ4n) is 1.54. The molecule has 0 saturated heterocycles. The van der Waals surface area contributed by atoms with Crippen molar-refractivity contribution in [2.75, 3.05) is 11.1 Å². The van der Waals surface area contributed by atoms with Crippen molar-refractivity contribution < 1.29 is 0 Å². The zero-order chi connectivity index (χ0) is 11.5. The Morgan fingerprint density at radius 2 is 1.75 bits per heavy atom. The van der Waals surface area contributed by atoms with Crippen LogP contribution in [0.25, 0.3) is 0 Å². The average molecular weight is 233 g/mol. The summed E-state index contributed by atoms with van der Waals surface area (Å²) < 4.78 is 0. The van der Waals surface area contributed by atoms with Crippen molar-refractivity contribution in [1.29, 1.82) is 0 Å². The van der Waals surface area contributed by atoms with Crippen LogP contribution in [0.5, 0.6) is 0 Å². The van der Waals surface area contributed by atoms with Gasteiger partial charge in [0.1, 0.15) is 0 Å². The first-order valence-electron chi connectivity index (χ1n) is 5.05. The Balaban J connectivity index is 2.38. The van der Waals surface area contributed by atoms with Crippen LogP contribution in [0, 0.1) is 6.92 Å². The highest BCUT2D eigenvalue weighted by Crippen LogP contribution is 2.31. The second-order valence-corrected chi connectivity index (χ2v) is 4.03. The normalized spacial score (nSPS) is 10.1. The van der Waals surface area contributed by atoms with Crippen LogP contribution >= 0.6 is 11.6 Å². The molecule has 2 rings (SSSR count). The minimum absolute atomic E-state index is 0.700. The summed E-state index contributed by atoms with van der Waals surface area (Å²) in [6, 6.07) is 13.5. The van der Waals surface area contributed by atoms with Gasteiger partial charge in [0, 0.05) is 10.7 Å². The number of rotatable bonds is 2. The Hall–Kier alpha value is -1.67. The molecular formula is C13H13ClN2. The highest BCUT2D eigenvalue weighted by molar-refractivity contribution is 6.32. The number of nitrogens with two attached hydrogens (primary N) is 1. The smallest absolute Gasteiger partial charge is 0.0662 e. The summed E-state index contributed by atoms with van der Waals surface area (Å²) in [5.41, 5.74) is 9.45. The van der Waals surface area contributed by atoms with Crippen LogP contribution in [-0.4, -0.2) is 0 Å². The van der Waals surface area contributed by atoms with E-state index in [-0.39, 0.29) is 0 Å². The molecule has 0 bridgehead atoms. The summed E-state index contributed by atoms with van der Waals surface area (Å²) in [4.78, 5) is 0. The molecule has 0 amide bonds. The molecule has 0 heterocycles. The lowest BCUT2D eigenvalue weighted by molar-refractivity contribution is 1.43. The largest absolute Gasteiger partial charge is 0.397 e. The molecule has 0 fully saturated rings. The Morgan fingerprint density at radius 3 is 2.44 bits per heavy atom. The van der Waals surface area contributed by atoms with E-state index in [9.17, 15) is 0 Å². The van der Waals surface area contributed by atoms with E-state index in [0.717, 1.165) is 16.9 Å². The van der Waals surface area contributed by atoms with E-state index in [0.29, 0.717) is 10.7 Å². The van der Waals surface area contributed by atoms with E-state index in [1.165, 1.54) is 0 Å². The summed E-state index contributed by atoms with van der Waals surface area (Å²) in [6.07, 6.45) is 0. The number of nitrogen functional groups attached to an aromatic ring is 1. The molecule has 0 unspecified atom stereocenters. The Bertz CT molecular complexity index is 495. The van der Waals surface area contributed by atoms with Crippen molar-refractivity contribution in [3.05, 3.63) is 53.1 Å². The second-order valence-electron chi connectivity index (χ2n) is 3.63. The first kappa shape index (κ1) is 10.8. The summed E-state index contributed by atoms with van der Waals surface area (Å²) in [5.74, 6) is 0. The molecule has 0 aliphatic heterocycles. The number of hydrogen-bond acceptors (Lipinski definition) is 2. The van der Waals surface area contributed by atoms with Crippen LogP contribution in [-0.2, 0) is 0 Å². The van der Waals surface area contributed by atoms with Crippen LogP contribution in [0.1, 0.15) is 5.56 Å². The Morgan fingerprint density at radius 1 is 1.06 bits per heavy atom. The van der Waals surface area contributed by atoms with Gasteiger partial charge in [-0.05, 0) is 36.8 Å². The monoisotopic (exact) mass is 232 g/mol. The highest BCUT2D eigenvalue weighted by atomic mass is 35.5. The topological polar surface area (TPSA) is 38.0 Å². The minimum Gasteiger partial charge on any atom is -0.397 e. The molecule has 2 aromatic carbocycles. The van der Waals surface area contributed by atoms with Gasteiger partial charge in [0.25, 0.3) is 0 Å². The number of benzene rings is 2. The lowest BCUT2D eigenvalue weighted by Crippen LogP contribution is -1.98. The molecule has 3 N–H and O–H groups in total. The molecule has 0 spiro atoms. The SMILES string of the molecule is Cc1c(Cl)ccc(N)c1Nc1ccccc1. The summed E-state index contributed by atoms with van der Waals surface area (Å²) in [6.45, 7) is 1.95. The predicted molar refractivity (Wildman–Crippen MR) is 70.3 cm³/mol. The fourth-order valence-corrected chi connectivity index (χ4v) is 1.70. The van der Waals surface area contributed by atoms with Crippen molar-refractivity contribution >= 4 is 28.7 Å². The van der Waals surface area contributed by atoms with Crippen LogP contribution < -0.4 is 11.1 Å². The molecule has 0 saturated carbocycles. The summed E-state index contributed by atoms with van der Waals surface area (Å²) in [7, 11) is 0. The van der Waals surface area contributed by atoms with Gasteiger partial charge in [0.05, 0.1) is 11.4 Å². The quantitative estimate of drug-likeness (QED) is 0.769. The van der Waals surface area contributed by atoms with Gasteiger partial charge in [0.2, 0.25) is 0 Å². The van der Waals surface area contributed by atoms with Gasteiger partial charge in [-0.25, -0.2) is 0 Å². The molecule has 3 heteroatoms. The van der Waals surface area contributed by atoms with Gasteiger partial charge >= 0.3 is 0 Å². The molecule has 0 aliphatic carbocycles.